The molecule has 2 atom stereocenters. The highest BCUT2D eigenvalue weighted by Crippen LogP contribution is 2.30. The molecule has 0 saturated carbocycles. The number of carbonyl (C=O) groups excluding carboxylic acids is 1. The average Bonchev–Trinajstić information content (AvgIpc) is 3.03. The summed E-state index contributed by atoms with van der Waals surface area (Å²) in [6.45, 7) is 3.43. The van der Waals surface area contributed by atoms with Crippen LogP contribution in [0.1, 0.15) is 6.92 Å². The molecule has 2 aromatic rings. The van der Waals surface area contributed by atoms with Gasteiger partial charge in [-0.05, 0) is 5.92 Å². The second-order valence-corrected chi connectivity index (χ2v) is 4.81. The van der Waals surface area contributed by atoms with E-state index in [-0.39, 0.29) is 17.8 Å². The van der Waals surface area contributed by atoms with Gasteiger partial charge in [-0.15, -0.1) is 0 Å². The molecule has 100 valence electrons. The van der Waals surface area contributed by atoms with E-state index in [0.29, 0.717) is 12.2 Å². The molecule has 2 unspecified atom stereocenters. The first kappa shape index (κ1) is 11.9. The first-order chi connectivity index (χ1) is 9.20. The third kappa shape index (κ3) is 1.91. The first-order valence-electron chi connectivity index (χ1n) is 6.17. The fourth-order valence-corrected chi connectivity index (χ4v) is 2.59. The molecule has 0 radical (unpaired) electrons. The quantitative estimate of drug-likeness (QED) is 0.797. The van der Waals surface area contributed by atoms with Crippen LogP contribution in [0.15, 0.2) is 12.7 Å². The van der Waals surface area contributed by atoms with Gasteiger partial charge in [0.1, 0.15) is 11.8 Å². The van der Waals surface area contributed by atoms with Crippen molar-refractivity contribution in [3.05, 3.63) is 12.7 Å². The molecule has 0 amide bonds. The number of rotatable bonds is 2. The van der Waals surface area contributed by atoms with Crippen molar-refractivity contribution in [1.82, 2.24) is 19.9 Å². The van der Waals surface area contributed by atoms with Crippen LogP contribution >= 0.6 is 0 Å². The number of aromatic amines is 1. The number of hydrogen-bond donors (Lipinski definition) is 1. The van der Waals surface area contributed by atoms with Crippen LogP contribution in [0.5, 0.6) is 0 Å². The van der Waals surface area contributed by atoms with Gasteiger partial charge in [-0.1, -0.05) is 6.92 Å². The lowest BCUT2D eigenvalue weighted by Gasteiger charge is -2.17. The Hall–Kier alpha value is -2.18. The highest BCUT2D eigenvalue weighted by atomic mass is 16.5. The number of H-pyrrole nitrogens is 1. The number of hydrogen-bond acceptors (Lipinski definition) is 6. The summed E-state index contributed by atoms with van der Waals surface area (Å²) in [6, 6.07) is 0. The van der Waals surface area contributed by atoms with Gasteiger partial charge in [0.15, 0.2) is 11.5 Å². The largest absolute Gasteiger partial charge is 0.469 e. The van der Waals surface area contributed by atoms with Crippen LogP contribution < -0.4 is 4.90 Å². The molecule has 7 nitrogen and oxygen atoms in total. The third-order valence-electron chi connectivity index (χ3n) is 3.62. The monoisotopic (exact) mass is 261 g/mol. The van der Waals surface area contributed by atoms with E-state index in [2.05, 4.69) is 24.8 Å². The van der Waals surface area contributed by atoms with Gasteiger partial charge < -0.3 is 14.6 Å². The molecule has 1 N–H and O–H groups in total. The summed E-state index contributed by atoms with van der Waals surface area (Å²) in [4.78, 5) is 29.3. The van der Waals surface area contributed by atoms with Gasteiger partial charge in [-0.3, -0.25) is 4.79 Å². The molecule has 1 aliphatic rings. The van der Waals surface area contributed by atoms with Gasteiger partial charge in [0.2, 0.25) is 0 Å². The van der Waals surface area contributed by atoms with Gasteiger partial charge in [-0.25, -0.2) is 15.0 Å². The Labute approximate surface area is 110 Å². The van der Waals surface area contributed by atoms with E-state index in [0.717, 1.165) is 17.9 Å². The molecule has 2 aromatic heterocycles. The van der Waals surface area contributed by atoms with E-state index in [1.807, 2.05) is 6.92 Å². The van der Waals surface area contributed by atoms with Crippen molar-refractivity contribution in [2.24, 2.45) is 11.8 Å². The zero-order valence-electron chi connectivity index (χ0n) is 10.8. The fourth-order valence-electron chi connectivity index (χ4n) is 2.59. The van der Waals surface area contributed by atoms with Gasteiger partial charge in [0.25, 0.3) is 0 Å². The van der Waals surface area contributed by atoms with Crippen molar-refractivity contribution in [3.8, 4) is 0 Å². The lowest BCUT2D eigenvalue weighted by molar-refractivity contribution is -0.145. The Morgan fingerprint density at radius 3 is 3.05 bits per heavy atom. The van der Waals surface area contributed by atoms with Crippen LogP contribution in [0.3, 0.4) is 0 Å². The minimum absolute atomic E-state index is 0.113. The molecule has 1 fully saturated rings. The predicted molar refractivity (Wildman–Crippen MR) is 68.6 cm³/mol. The molecule has 0 aromatic carbocycles. The van der Waals surface area contributed by atoms with E-state index in [4.69, 9.17) is 4.74 Å². The van der Waals surface area contributed by atoms with Crippen molar-refractivity contribution >= 4 is 23.0 Å². The molecule has 0 spiro atoms. The second-order valence-electron chi connectivity index (χ2n) is 4.81. The zero-order chi connectivity index (χ0) is 13.4. The maximum absolute atomic E-state index is 11.7. The minimum atomic E-state index is -0.162. The second kappa shape index (κ2) is 4.49. The maximum atomic E-state index is 11.7. The molecule has 1 saturated heterocycles. The average molecular weight is 261 g/mol. The van der Waals surface area contributed by atoms with Gasteiger partial charge >= 0.3 is 5.97 Å². The molecular weight excluding hydrogens is 246 g/mol. The van der Waals surface area contributed by atoms with Crippen LogP contribution in [0.25, 0.3) is 11.2 Å². The Bertz CT molecular complexity index is 611. The van der Waals surface area contributed by atoms with E-state index in [9.17, 15) is 4.79 Å². The third-order valence-corrected chi connectivity index (χ3v) is 3.62. The lowest BCUT2D eigenvalue weighted by Crippen LogP contribution is -2.25. The van der Waals surface area contributed by atoms with Crippen LogP contribution in [0.4, 0.5) is 5.82 Å². The molecular formula is C12H15N5O2. The number of nitrogens with zero attached hydrogens (tertiary/aromatic N) is 4. The predicted octanol–water partition coefficient (Wildman–Crippen LogP) is 0.598. The number of aromatic nitrogens is 4. The van der Waals surface area contributed by atoms with Crippen LogP contribution in [-0.2, 0) is 9.53 Å². The van der Waals surface area contributed by atoms with E-state index >= 15 is 0 Å². The summed E-state index contributed by atoms with van der Waals surface area (Å²) in [5.74, 6) is 0.754. The van der Waals surface area contributed by atoms with Crippen LogP contribution in [-0.4, -0.2) is 46.1 Å². The highest BCUT2D eigenvalue weighted by molar-refractivity contribution is 5.83. The van der Waals surface area contributed by atoms with E-state index in [1.165, 1.54) is 13.4 Å². The molecule has 3 heterocycles. The number of methoxy groups -OCH3 is 1. The highest BCUT2D eigenvalue weighted by Gasteiger charge is 2.36. The standard InChI is InChI=1S/C12H15N5O2/c1-7-3-17(4-8(7)12(18)19-2)11-9-10(14-5-13-9)15-6-16-11/h5-8H,3-4H2,1-2H3,(H,13,14,15,16). The summed E-state index contributed by atoms with van der Waals surface area (Å²) < 4.78 is 4.84. The Morgan fingerprint density at radius 2 is 2.26 bits per heavy atom. The summed E-state index contributed by atoms with van der Waals surface area (Å²) in [6.07, 6.45) is 3.09. The van der Waals surface area contributed by atoms with Crippen LogP contribution in [0.2, 0.25) is 0 Å². The Kier molecular flexibility index (Phi) is 2.81. The number of nitrogens with one attached hydrogen (secondary N) is 1. The van der Waals surface area contributed by atoms with Gasteiger partial charge in [0.05, 0.1) is 19.4 Å². The normalized spacial score (nSPS) is 22.9. The number of esters is 1. The topological polar surface area (TPSA) is 84.0 Å². The Morgan fingerprint density at radius 1 is 1.42 bits per heavy atom. The van der Waals surface area contributed by atoms with Gasteiger partial charge in [0, 0.05) is 13.1 Å². The molecule has 3 rings (SSSR count). The SMILES string of the molecule is COC(=O)C1CN(c2ncnc3nc[nH]c23)CC1C. The van der Waals surface area contributed by atoms with Crippen molar-refractivity contribution < 1.29 is 9.53 Å². The number of carbonyl (C=O) groups is 1. The number of anilines is 1. The molecule has 0 aliphatic carbocycles. The molecule has 19 heavy (non-hydrogen) atoms. The molecule has 0 bridgehead atoms. The van der Waals surface area contributed by atoms with Gasteiger partial charge in [-0.2, -0.15) is 0 Å². The van der Waals surface area contributed by atoms with E-state index in [1.54, 1.807) is 6.33 Å². The number of imidazole rings is 1. The fraction of sp³-hybridized carbons (Fsp3) is 0.500. The van der Waals surface area contributed by atoms with Crippen molar-refractivity contribution in [2.45, 2.75) is 6.92 Å². The maximum Gasteiger partial charge on any atom is 0.310 e. The summed E-state index contributed by atoms with van der Waals surface area (Å²) in [5, 5.41) is 0. The number of ether oxygens (including phenoxy) is 1. The first-order valence-corrected chi connectivity index (χ1v) is 6.17. The van der Waals surface area contributed by atoms with Crippen molar-refractivity contribution in [2.75, 3.05) is 25.1 Å². The summed E-state index contributed by atoms with van der Waals surface area (Å²) in [7, 11) is 1.43. The Balaban J connectivity index is 1.92. The van der Waals surface area contributed by atoms with Crippen molar-refractivity contribution in [3.63, 3.8) is 0 Å². The lowest BCUT2D eigenvalue weighted by atomic mass is 9.99. The molecule has 7 heteroatoms. The molecule has 1 aliphatic heterocycles. The van der Waals surface area contributed by atoms with E-state index < -0.39 is 0 Å². The smallest absolute Gasteiger partial charge is 0.310 e. The zero-order valence-corrected chi connectivity index (χ0v) is 10.8. The van der Waals surface area contributed by atoms with Crippen molar-refractivity contribution in [1.29, 1.82) is 0 Å². The summed E-state index contributed by atoms with van der Waals surface area (Å²) >= 11 is 0. The summed E-state index contributed by atoms with van der Waals surface area (Å²) in [5.41, 5.74) is 1.44. The van der Waals surface area contributed by atoms with Crippen LogP contribution in [0, 0.1) is 11.8 Å². The number of fused-ring (bicyclic) bond motifs is 1. The minimum Gasteiger partial charge on any atom is -0.469 e.